The summed E-state index contributed by atoms with van der Waals surface area (Å²) in [5, 5.41) is 4.38. The van der Waals surface area contributed by atoms with E-state index in [4.69, 9.17) is 11.6 Å². The zero-order chi connectivity index (χ0) is 13.0. The summed E-state index contributed by atoms with van der Waals surface area (Å²) in [6.45, 7) is 2.02. The molecule has 0 heterocycles. The molecule has 1 aliphatic rings. The molecule has 1 aromatic rings. The molecule has 1 N–H and O–H groups in total. The van der Waals surface area contributed by atoms with Gasteiger partial charge in [-0.1, -0.05) is 36.6 Å². The van der Waals surface area contributed by atoms with Crippen molar-refractivity contribution in [2.24, 2.45) is 0 Å². The lowest BCUT2D eigenvalue weighted by molar-refractivity contribution is 0.610. The van der Waals surface area contributed by atoms with Crippen LogP contribution in [0.2, 0.25) is 5.02 Å². The summed E-state index contributed by atoms with van der Waals surface area (Å²) < 4.78 is 1.08. The summed E-state index contributed by atoms with van der Waals surface area (Å²) in [5.41, 5.74) is 2.18. The normalized spacial score (nSPS) is 22.1. The summed E-state index contributed by atoms with van der Waals surface area (Å²) in [4.78, 5) is 0. The minimum absolute atomic E-state index is 0.417. The molecule has 98 valence electrons. The van der Waals surface area contributed by atoms with E-state index in [9.17, 15) is 0 Å². The van der Waals surface area contributed by atoms with E-state index in [1.807, 2.05) is 13.0 Å². The zero-order valence-electron chi connectivity index (χ0n) is 10.7. The second-order valence-corrected chi connectivity index (χ2v) is 6.16. The fourth-order valence-electron chi connectivity index (χ4n) is 2.24. The van der Waals surface area contributed by atoms with Gasteiger partial charge in [-0.3, -0.25) is 0 Å². The number of benzene rings is 1. The molecular weight excluding hydrogens is 310 g/mol. The van der Waals surface area contributed by atoms with Gasteiger partial charge in [0.05, 0.1) is 5.69 Å². The Hall–Kier alpha value is -0.470. The minimum Gasteiger partial charge on any atom is -0.378 e. The van der Waals surface area contributed by atoms with Crippen molar-refractivity contribution in [3.63, 3.8) is 0 Å². The maximum Gasteiger partial charge on any atom is 0.0504 e. The highest BCUT2D eigenvalue weighted by Gasteiger charge is 2.10. The standard InChI is InChI=1S/C15H19BrClN/c1-11-9-13(16)15(10-14(11)17)18-12-7-5-3-2-4-6-8-12/h5,7,9-10,12,18H,2-4,6,8H2,1H3/b7-5+. The van der Waals surface area contributed by atoms with Gasteiger partial charge >= 0.3 is 0 Å². The molecule has 0 aliphatic heterocycles. The Morgan fingerprint density at radius 2 is 2.11 bits per heavy atom. The first-order valence-electron chi connectivity index (χ1n) is 6.55. The van der Waals surface area contributed by atoms with Crippen molar-refractivity contribution in [2.75, 3.05) is 5.32 Å². The van der Waals surface area contributed by atoms with Crippen LogP contribution in [0.3, 0.4) is 0 Å². The summed E-state index contributed by atoms with van der Waals surface area (Å²) in [6, 6.07) is 4.49. The summed E-state index contributed by atoms with van der Waals surface area (Å²) >= 11 is 9.78. The van der Waals surface area contributed by atoms with Crippen molar-refractivity contribution < 1.29 is 0 Å². The first-order chi connectivity index (χ1) is 8.66. The fourth-order valence-corrected chi connectivity index (χ4v) is 2.97. The van der Waals surface area contributed by atoms with E-state index in [1.54, 1.807) is 0 Å². The highest BCUT2D eigenvalue weighted by Crippen LogP contribution is 2.30. The van der Waals surface area contributed by atoms with Gasteiger partial charge in [-0.15, -0.1) is 0 Å². The number of halogens is 2. The third-order valence-corrected chi connectivity index (χ3v) is 4.41. The molecule has 0 saturated heterocycles. The number of hydrogen-bond donors (Lipinski definition) is 1. The topological polar surface area (TPSA) is 12.0 Å². The van der Waals surface area contributed by atoms with Crippen LogP contribution in [0.1, 0.15) is 37.7 Å². The molecule has 18 heavy (non-hydrogen) atoms. The van der Waals surface area contributed by atoms with Gasteiger partial charge in [0.1, 0.15) is 0 Å². The zero-order valence-corrected chi connectivity index (χ0v) is 13.0. The minimum atomic E-state index is 0.417. The maximum atomic E-state index is 6.18. The Balaban J connectivity index is 2.12. The molecule has 1 nitrogen and oxygen atoms in total. The lowest BCUT2D eigenvalue weighted by Crippen LogP contribution is -2.17. The van der Waals surface area contributed by atoms with Crippen LogP contribution in [0.15, 0.2) is 28.8 Å². The molecule has 0 radical (unpaired) electrons. The number of hydrogen-bond acceptors (Lipinski definition) is 1. The predicted octanol–water partition coefficient (Wildman–Crippen LogP) is 5.71. The van der Waals surface area contributed by atoms with E-state index < -0.39 is 0 Å². The van der Waals surface area contributed by atoms with Crippen LogP contribution < -0.4 is 5.32 Å². The Morgan fingerprint density at radius 1 is 1.28 bits per heavy atom. The molecule has 3 heteroatoms. The average molecular weight is 329 g/mol. The molecule has 0 bridgehead atoms. The smallest absolute Gasteiger partial charge is 0.0504 e. The van der Waals surface area contributed by atoms with E-state index in [0.29, 0.717) is 6.04 Å². The lowest BCUT2D eigenvalue weighted by Gasteiger charge is -2.19. The molecule has 0 saturated carbocycles. The van der Waals surface area contributed by atoms with Gasteiger partial charge in [-0.05, 0) is 59.8 Å². The maximum absolute atomic E-state index is 6.18. The van der Waals surface area contributed by atoms with Gasteiger partial charge in [0.15, 0.2) is 0 Å². The molecule has 0 amide bonds. The lowest BCUT2D eigenvalue weighted by atomic mass is 10.0. The van der Waals surface area contributed by atoms with Gasteiger partial charge in [0.2, 0.25) is 0 Å². The van der Waals surface area contributed by atoms with Crippen molar-refractivity contribution in [1.29, 1.82) is 0 Å². The van der Waals surface area contributed by atoms with Crippen LogP contribution in [-0.4, -0.2) is 6.04 Å². The molecule has 0 aromatic heterocycles. The first kappa shape index (κ1) is 14.0. The highest BCUT2D eigenvalue weighted by atomic mass is 79.9. The summed E-state index contributed by atoms with van der Waals surface area (Å²) in [6.07, 6.45) is 10.9. The second-order valence-electron chi connectivity index (χ2n) is 4.90. The molecule has 1 unspecified atom stereocenters. The van der Waals surface area contributed by atoms with Crippen LogP contribution >= 0.6 is 27.5 Å². The fraction of sp³-hybridized carbons (Fsp3) is 0.467. The van der Waals surface area contributed by atoms with Crippen LogP contribution in [0, 0.1) is 6.92 Å². The summed E-state index contributed by atoms with van der Waals surface area (Å²) in [7, 11) is 0. The van der Waals surface area contributed by atoms with Crippen LogP contribution in [0.4, 0.5) is 5.69 Å². The average Bonchev–Trinajstić information content (AvgIpc) is 2.29. The van der Waals surface area contributed by atoms with Crippen LogP contribution in [0.5, 0.6) is 0 Å². The Labute approximate surface area is 123 Å². The van der Waals surface area contributed by atoms with Crippen molar-refractivity contribution in [1.82, 2.24) is 0 Å². The molecule has 1 aromatic carbocycles. The molecular formula is C15H19BrClN. The van der Waals surface area contributed by atoms with Crippen LogP contribution in [-0.2, 0) is 0 Å². The van der Waals surface area contributed by atoms with Gasteiger partial charge in [0.25, 0.3) is 0 Å². The molecule has 1 atom stereocenters. The Bertz CT molecular complexity index is 442. The monoisotopic (exact) mass is 327 g/mol. The number of anilines is 1. The molecule has 2 rings (SSSR count). The van der Waals surface area contributed by atoms with Crippen molar-refractivity contribution in [3.05, 3.63) is 39.3 Å². The van der Waals surface area contributed by atoms with Gasteiger partial charge in [-0.25, -0.2) is 0 Å². The third-order valence-electron chi connectivity index (χ3n) is 3.34. The molecule has 0 spiro atoms. The number of nitrogens with one attached hydrogen (secondary N) is 1. The Kier molecular flexibility index (Phi) is 5.13. The largest absolute Gasteiger partial charge is 0.378 e. The van der Waals surface area contributed by atoms with Gasteiger partial charge in [-0.2, -0.15) is 0 Å². The Morgan fingerprint density at radius 3 is 2.94 bits per heavy atom. The van der Waals surface area contributed by atoms with Crippen molar-refractivity contribution in [2.45, 2.75) is 45.1 Å². The number of allylic oxidation sites excluding steroid dienone is 1. The molecule has 1 aliphatic carbocycles. The van der Waals surface area contributed by atoms with Crippen molar-refractivity contribution in [3.8, 4) is 0 Å². The van der Waals surface area contributed by atoms with E-state index in [-0.39, 0.29) is 0 Å². The van der Waals surface area contributed by atoms with Crippen molar-refractivity contribution >= 4 is 33.2 Å². The first-order valence-corrected chi connectivity index (χ1v) is 7.73. The van der Waals surface area contributed by atoms with E-state index in [2.05, 4.69) is 39.5 Å². The SMILES string of the molecule is Cc1cc(Br)c(NC2/C=C/CCCCC2)cc1Cl. The van der Waals surface area contributed by atoms with Gasteiger partial charge in [0, 0.05) is 15.5 Å². The number of aryl methyl sites for hydroxylation is 1. The number of rotatable bonds is 2. The second kappa shape index (κ2) is 6.63. The highest BCUT2D eigenvalue weighted by molar-refractivity contribution is 9.10. The van der Waals surface area contributed by atoms with Gasteiger partial charge < -0.3 is 5.32 Å². The van der Waals surface area contributed by atoms with Crippen LogP contribution in [0.25, 0.3) is 0 Å². The quantitative estimate of drug-likeness (QED) is 0.685. The third kappa shape index (κ3) is 3.76. The summed E-state index contributed by atoms with van der Waals surface area (Å²) in [5.74, 6) is 0. The van der Waals surface area contributed by atoms with E-state index >= 15 is 0 Å². The molecule has 0 fully saturated rings. The predicted molar refractivity (Wildman–Crippen MR) is 83.5 cm³/mol. The van der Waals surface area contributed by atoms with E-state index in [1.165, 1.54) is 32.1 Å². The van der Waals surface area contributed by atoms with E-state index in [0.717, 1.165) is 20.7 Å².